The Morgan fingerprint density at radius 2 is 1.69 bits per heavy atom. The molecule has 4 amide bonds. The molecular weight excluding hydrogens is 370 g/mol. The third kappa shape index (κ3) is 4.46. The fraction of sp³-hybridized carbons (Fsp3) is 0.318. The molecule has 29 heavy (non-hydrogen) atoms. The summed E-state index contributed by atoms with van der Waals surface area (Å²) in [7, 11) is 0. The van der Waals surface area contributed by atoms with Crippen molar-refractivity contribution in [3.05, 3.63) is 60.2 Å². The van der Waals surface area contributed by atoms with Crippen molar-refractivity contribution >= 4 is 17.8 Å². The topological polar surface area (TPSA) is 98.7 Å². The first-order chi connectivity index (χ1) is 13.9. The van der Waals surface area contributed by atoms with Crippen LogP contribution in [0.1, 0.15) is 25.8 Å². The van der Waals surface area contributed by atoms with Crippen molar-refractivity contribution in [3.63, 3.8) is 0 Å². The minimum atomic E-state index is -1.05. The number of hydrogen-bond acceptors (Lipinski definition) is 4. The first-order valence-electron chi connectivity index (χ1n) is 9.64. The van der Waals surface area contributed by atoms with E-state index >= 15 is 0 Å². The molecule has 0 aromatic heterocycles. The van der Waals surface area contributed by atoms with E-state index in [1.807, 2.05) is 54.6 Å². The van der Waals surface area contributed by atoms with Crippen molar-refractivity contribution < 1.29 is 19.6 Å². The van der Waals surface area contributed by atoms with Crippen LogP contribution >= 0.6 is 0 Å². The smallest absolute Gasteiger partial charge is 0.325 e. The van der Waals surface area contributed by atoms with E-state index in [4.69, 9.17) is 5.21 Å². The van der Waals surface area contributed by atoms with Crippen LogP contribution < -0.4 is 10.8 Å². The molecule has 3 N–H and O–H groups in total. The Balaban J connectivity index is 1.65. The summed E-state index contributed by atoms with van der Waals surface area (Å²) in [6.07, 6.45) is 1.04. The van der Waals surface area contributed by atoms with E-state index in [-0.39, 0.29) is 5.92 Å². The maximum Gasteiger partial charge on any atom is 0.325 e. The molecule has 2 aromatic rings. The van der Waals surface area contributed by atoms with Crippen LogP contribution in [0.5, 0.6) is 0 Å². The number of aryl methyl sites for hydroxylation is 1. The normalized spacial score (nSPS) is 17.4. The molecule has 0 bridgehead atoms. The van der Waals surface area contributed by atoms with Crippen LogP contribution in [0.4, 0.5) is 4.79 Å². The number of hydrogen-bond donors (Lipinski definition) is 3. The summed E-state index contributed by atoms with van der Waals surface area (Å²) < 4.78 is 0. The molecule has 1 heterocycles. The Hall–Kier alpha value is -3.19. The minimum absolute atomic E-state index is 0.332. The summed E-state index contributed by atoms with van der Waals surface area (Å²) in [6.45, 7) is 3.42. The molecule has 0 radical (unpaired) electrons. The quantitative estimate of drug-likeness (QED) is 0.381. The van der Waals surface area contributed by atoms with Crippen LogP contribution in [-0.4, -0.2) is 40.0 Å². The molecule has 0 saturated carbocycles. The lowest BCUT2D eigenvalue weighted by molar-refractivity contribution is -0.142. The van der Waals surface area contributed by atoms with Gasteiger partial charge in [-0.25, -0.2) is 15.2 Å². The minimum Gasteiger partial charge on any atom is -0.326 e. The molecule has 2 unspecified atom stereocenters. The molecule has 7 heteroatoms. The third-order valence-electron chi connectivity index (χ3n) is 5.12. The largest absolute Gasteiger partial charge is 0.326 e. The second-order valence-corrected chi connectivity index (χ2v) is 7.48. The number of rotatable bonds is 7. The Morgan fingerprint density at radius 3 is 2.28 bits per heavy atom. The number of benzene rings is 2. The van der Waals surface area contributed by atoms with Crippen LogP contribution in [0.3, 0.4) is 0 Å². The van der Waals surface area contributed by atoms with Gasteiger partial charge in [0.05, 0.1) is 0 Å². The first-order valence-corrected chi connectivity index (χ1v) is 9.64. The van der Waals surface area contributed by atoms with E-state index in [9.17, 15) is 14.4 Å². The van der Waals surface area contributed by atoms with E-state index in [0.29, 0.717) is 12.8 Å². The Labute approximate surface area is 169 Å². The van der Waals surface area contributed by atoms with E-state index in [1.54, 1.807) is 19.3 Å². The number of nitrogens with one attached hydrogen (secondary N) is 2. The van der Waals surface area contributed by atoms with Crippen molar-refractivity contribution in [1.29, 1.82) is 0 Å². The monoisotopic (exact) mass is 395 g/mol. The molecule has 1 aliphatic heterocycles. The lowest BCUT2D eigenvalue weighted by atomic mass is 9.99. The maximum atomic E-state index is 12.7. The van der Waals surface area contributed by atoms with Gasteiger partial charge >= 0.3 is 6.03 Å². The van der Waals surface area contributed by atoms with E-state index in [2.05, 4.69) is 5.32 Å². The van der Waals surface area contributed by atoms with Gasteiger partial charge in [0.15, 0.2) is 0 Å². The van der Waals surface area contributed by atoms with Crippen LogP contribution in [0.25, 0.3) is 11.1 Å². The number of urea groups is 1. The molecular formula is C22H25N3O4. The molecule has 1 fully saturated rings. The molecule has 2 aromatic carbocycles. The SMILES string of the molecule is CC(C)C(C(=O)NO)N1C(=O)NC(CCc2ccc(-c3ccccc3)cc2)C1=O. The highest BCUT2D eigenvalue weighted by Gasteiger charge is 2.45. The first kappa shape index (κ1) is 20.5. The van der Waals surface area contributed by atoms with Crippen molar-refractivity contribution in [2.75, 3.05) is 0 Å². The molecule has 3 rings (SSSR count). The lowest BCUT2D eigenvalue weighted by Crippen LogP contribution is -2.52. The van der Waals surface area contributed by atoms with Crippen molar-refractivity contribution in [1.82, 2.24) is 15.7 Å². The molecule has 152 valence electrons. The van der Waals surface area contributed by atoms with Gasteiger partial charge in [0.25, 0.3) is 11.8 Å². The van der Waals surface area contributed by atoms with Gasteiger partial charge in [-0.1, -0.05) is 68.4 Å². The summed E-state index contributed by atoms with van der Waals surface area (Å²) in [5.41, 5.74) is 4.84. The Kier molecular flexibility index (Phi) is 6.29. The zero-order valence-electron chi connectivity index (χ0n) is 16.5. The number of carbonyl (C=O) groups excluding carboxylic acids is 3. The highest BCUT2D eigenvalue weighted by molar-refractivity contribution is 6.07. The zero-order valence-corrected chi connectivity index (χ0v) is 16.5. The molecule has 1 saturated heterocycles. The van der Waals surface area contributed by atoms with Crippen LogP contribution in [-0.2, 0) is 16.0 Å². The highest BCUT2D eigenvalue weighted by atomic mass is 16.5. The second-order valence-electron chi connectivity index (χ2n) is 7.48. The molecule has 2 atom stereocenters. The van der Waals surface area contributed by atoms with Gasteiger partial charge in [-0.05, 0) is 35.4 Å². The van der Waals surface area contributed by atoms with Gasteiger partial charge < -0.3 is 5.32 Å². The van der Waals surface area contributed by atoms with Gasteiger partial charge in [0, 0.05) is 0 Å². The maximum absolute atomic E-state index is 12.7. The molecule has 1 aliphatic rings. The van der Waals surface area contributed by atoms with Crippen LogP contribution in [0.15, 0.2) is 54.6 Å². The average molecular weight is 395 g/mol. The van der Waals surface area contributed by atoms with Gasteiger partial charge in [0.1, 0.15) is 12.1 Å². The van der Waals surface area contributed by atoms with E-state index in [1.165, 1.54) is 0 Å². The number of amides is 4. The lowest BCUT2D eigenvalue weighted by Gasteiger charge is -2.26. The average Bonchev–Trinajstić information content (AvgIpc) is 3.01. The van der Waals surface area contributed by atoms with Crippen molar-refractivity contribution in [3.8, 4) is 11.1 Å². The predicted octanol–water partition coefficient (Wildman–Crippen LogP) is 2.74. The van der Waals surface area contributed by atoms with Gasteiger partial charge in [-0.3, -0.25) is 14.8 Å². The number of imide groups is 1. The molecule has 0 aliphatic carbocycles. The van der Waals surface area contributed by atoms with Gasteiger partial charge in [-0.15, -0.1) is 0 Å². The molecule has 7 nitrogen and oxygen atoms in total. The summed E-state index contributed by atoms with van der Waals surface area (Å²) in [6, 6.07) is 15.8. The number of nitrogens with zero attached hydrogens (tertiary/aromatic N) is 1. The highest BCUT2D eigenvalue weighted by Crippen LogP contribution is 2.22. The van der Waals surface area contributed by atoms with Crippen molar-refractivity contribution in [2.24, 2.45) is 5.92 Å². The van der Waals surface area contributed by atoms with Crippen LogP contribution in [0, 0.1) is 5.92 Å². The summed E-state index contributed by atoms with van der Waals surface area (Å²) >= 11 is 0. The standard InChI is InChI=1S/C22H25N3O4/c1-14(2)19(20(26)24-29)25-21(27)18(23-22(25)28)13-10-15-8-11-17(12-9-15)16-6-4-3-5-7-16/h3-9,11-12,14,18-19,29H,10,13H2,1-2H3,(H,23,28)(H,24,26). The Bertz CT molecular complexity index is 881. The summed E-state index contributed by atoms with van der Waals surface area (Å²) in [5.74, 6) is -1.56. The fourth-order valence-corrected chi connectivity index (χ4v) is 3.60. The summed E-state index contributed by atoms with van der Waals surface area (Å²) in [5, 5.41) is 11.6. The molecule has 0 spiro atoms. The number of hydroxylamine groups is 1. The zero-order chi connectivity index (χ0) is 21.0. The predicted molar refractivity (Wildman–Crippen MR) is 108 cm³/mol. The Morgan fingerprint density at radius 1 is 1.07 bits per heavy atom. The fourth-order valence-electron chi connectivity index (χ4n) is 3.60. The van der Waals surface area contributed by atoms with Crippen LogP contribution in [0.2, 0.25) is 0 Å². The second kappa shape index (κ2) is 8.87. The van der Waals surface area contributed by atoms with E-state index in [0.717, 1.165) is 21.6 Å². The van der Waals surface area contributed by atoms with Crippen molar-refractivity contribution in [2.45, 2.75) is 38.8 Å². The summed E-state index contributed by atoms with van der Waals surface area (Å²) in [4.78, 5) is 37.9. The van der Waals surface area contributed by atoms with Gasteiger partial charge in [-0.2, -0.15) is 0 Å². The number of carbonyl (C=O) groups is 3. The van der Waals surface area contributed by atoms with Gasteiger partial charge in [0.2, 0.25) is 0 Å². The van der Waals surface area contributed by atoms with E-state index < -0.39 is 29.9 Å². The third-order valence-corrected chi connectivity index (χ3v) is 5.12.